The van der Waals surface area contributed by atoms with Crippen LogP contribution in [0.5, 0.6) is 11.5 Å². The third kappa shape index (κ3) is 2.90. The molecule has 2 rings (SSSR count). The first-order valence-electron chi connectivity index (χ1n) is 5.81. The van der Waals surface area contributed by atoms with Gasteiger partial charge in [0.05, 0.1) is 26.4 Å². The Morgan fingerprint density at radius 2 is 2.29 bits per heavy atom. The second kappa shape index (κ2) is 5.38. The first kappa shape index (κ1) is 12.2. The fourth-order valence-corrected chi connectivity index (χ4v) is 1.87. The van der Waals surface area contributed by atoms with E-state index in [-0.39, 0.29) is 6.10 Å². The first-order chi connectivity index (χ1) is 8.20. The van der Waals surface area contributed by atoms with Crippen molar-refractivity contribution >= 4 is 0 Å². The Balaban J connectivity index is 2.21. The zero-order valence-electron chi connectivity index (χ0n) is 10.2. The minimum atomic E-state index is -0.557. The molecule has 1 aromatic carbocycles. The van der Waals surface area contributed by atoms with Gasteiger partial charge in [0.25, 0.3) is 0 Å². The SMILES string of the molecule is COc1ccc(C(C)O)c(OC2CCOC2)c1. The summed E-state index contributed by atoms with van der Waals surface area (Å²) in [5.74, 6) is 1.40. The van der Waals surface area contributed by atoms with E-state index in [0.717, 1.165) is 24.3 Å². The molecule has 2 unspecified atom stereocenters. The minimum Gasteiger partial charge on any atom is -0.497 e. The Morgan fingerprint density at radius 3 is 2.88 bits per heavy atom. The lowest BCUT2D eigenvalue weighted by Crippen LogP contribution is -2.17. The van der Waals surface area contributed by atoms with Gasteiger partial charge in [-0.1, -0.05) is 0 Å². The van der Waals surface area contributed by atoms with Gasteiger partial charge in [0.2, 0.25) is 0 Å². The van der Waals surface area contributed by atoms with Crippen LogP contribution in [0.15, 0.2) is 18.2 Å². The molecule has 1 aromatic rings. The molecule has 0 radical (unpaired) electrons. The second-order valence-electron chi connectivity index (χ2n) is 4.18. The first-order valence-corrected chi connectivity index (χ1v) is 5.81. The third-order valence-corrected chi connectivity index (χ3v) is 2.85. The molecule has 1 fully saturated rings. The summed E-state index contributed by atoms with van der Waals surface area (Å²) in [6.45, 7) is 3.06. The molecular weight excluding hydrogens is 220 g/mol. The highest BCUT2D eigenvalue weighted by Gasteiger charge is 2.20. The number of aliphatic hydroxyl groups excluding tert-OH is 1. The monoisotopic (exact) mass is 238 g/mol. The molecule has 4 heteroatoms. The maximum absolute atomic E-state index is 9.69. The van der Waals surface area contributed by atoms with E-state index in [0.29, 0.717) is 12.4 Å². The number of aliphatic hydroxyl groups is 1. The average Bonchev–Trinajstić information content (AvgIpc) is 2.81. The molecule has 0 bridgehead atoms. The Kier molecular flexibility index (Phi) is 3.86. The lowest BCUT2D eigenvalue weighted by atomic mass is 10.1. The molecule has 1 N–H and O–H groups in total. The summed E-state index contributed by atoms with van der Waals surface area (Å²) in [6, 6.07) is 5.45. The highest BCUT2D eigenvalue weighted by Crippen LogP contribution is 2.31. The molecule has 0 saturated carbocycles. The summed E-state index contributed by atoms with van der Waals surface area (Å²) in [5.41, 5.74) is 0.776. The van der Waals surface area contributed by atoms with Crippen LogP contribution in [0.4, 0.5) is 0 Å². The van der Waals surface area contributed by atoms with Crippen molar-refractivity contribution in [1.82, 2.24) is 0 Å². The van der Waals surface area contributed by atoms with E-state index in [1.54, 1.807) is 20.1 Å². The van der Waals surface area contributed by atoms with Gasteiger partial charge in [-0.05, 0) is 19.1 Å². The molecule has 0 amide bonds. The van der Waals surface area contributed by atoms with E-state index >= 15 is 0 Å². The van der Waals surface area contributed by atoms with Crippen LogP contribution >= 0.6 is 0 Å². The van der Waals surface area contributed by atoms with Crippen molar-refractivity contribution in [2.75, 3.05) is 20.3 Å². The smallest absolute Gasteiger partial charge is 0.129 e. The average molecular weight is 238 g/mol. The molecule has 1 saturated heterocycles. The zero-order valence-corrected chi connectivity index (χ0v) is 10.2. The topological polar surface area (TPSA) is 47.9 Å². The van der Waals surface area contributed by atoms with Crippen molar-refractivity contribution in [3.63, 3.8) is 0 Å². The second-order valence-corrected chi connectivity index (χ2v) is 4.18. The van der Waals surface area contributed by atoms with E-state index in [4.69, 9.17) is 14.2 Å². The number of hydrogen-bond acceptors (Lipinski definition) is 4. The molecule has 2 atom stereocenters. The minimum absolute atomic E-state index is 0.0691. The van der Waals surface area contributed by atoms with Gasteiger partial charge >= 0.3 is 0 Å². The lowest BCUT2D eigenvalue weighted by molar-refractivity contribution is 0.135. The highest BCUT2D eigenvalue weighted by molar-refractivity contribution is 5.42. The summed E-state index contributed by atoms with van der Waals surface area (Å²) < 4.78 is 16.3. The Labute approximate surface area is 101 Å². The predicted molar refractivity (Wildman–Crippen MR) is 63.5 cm³/mol. The Bertz CT molecular complexity index is 370. The largest absolute Gasteiger partial charge is 0.497 e. The van der Waals surface area contributed by atoms with Gasteiger partial charge in [-0.25, -0.2) is 0 Å². The number of benzene rings is 1. The number of methoxy groups -OCH3 is 1. The Hall–Kier alpha value is -1.26. The summed E-state index contributed by atoms with van der Waals surface area (Å²) in [4.78, 5) is 0. The van der Waals surface area contributed by atoms with Gasteiger partial charge in [-0.3, -0.25) is 0 Å². The van der Waals surface area contributed by atoms with Crippen LogP contribution in [0.2, 0.25) is 0 Å². The molecule has 4 nitrogen and oxygen atoms in total. The van der Waals surface area contributed by atoms with Gasteiger partial charge in [-0.2, -0.15) is 0 Å². The number of rotatable bonds is 4. The molecule has 0 spiro atoms. The fourth-order valence-electron chi connectivity index (χ4n) is 1.87. The standard InChI is InChI=1S/C13H18O4/c1-9(14)12-4-3-10(15-2)7-13(12)17-11-5-6-16-8-11/h3-4,7,9,11,14H,5-6,8H2,1-2H3. The van der Waals surface area contributed by atoms with Crippen molar-refractivity contribution in [2.45, 2.75) is 25.6 Å². The van der Waals surface area contributed by atoms with Crippen LogP contribution < -0.4 is 9.47 Å². The molecule has 1 heterocycles. The van der Waals surface area contributed by atoms with Crippen LogP contribution in [0, 0.1) is 0 Å². The van der Waals surface area contributed by atoms with Crippen LogP contribution in [-0.4, -0.2) is 31.5 Å². The van der Waals surface area contributed by atoms with E-state index in [9.17, 15) is 5.11 Å². The highest BCUT2D eigenvalue weighted by atomic mass is 16.5. The number of ether oxygens (including phenoxy) is 3. The maximum atomic E-state index is 9.69. The summed E-state index contributed by atoms with van der Waals surface area (Å²) in [5, 5.41) is 9.69. The maximum Gasteiger partial charge on any atom is 0.129 e. The Morgan fingerprint density at radius 1 is 1.47 bits per heavy atom. The molecule has 17 heavy (non-hydrogen) atoms. The normalized spacial score (nSPS) is 21.2. The zero-order chi connectivity index (χ0) is 12.3. The summed E-state index contributed by atoms with van der Waals surface area (Å²) in [6.07, 6.45) is 0.397. The molecular formula is C13H18O4. The fraction of sp³-hybridized carbons (Fsp3) is 0.538. The van der Waals surface area contributed by atoms with Crippen molar-refractivity contribution in [3.8, 4) is 11.5 Å². The van der Waals surface area contributed by atoms with E-state index in [2.05, 4.69) is 0 Å². The van der Waals surface area contributed by atoms with Gasteiger partial charge in [0.15, 0.2) is 0 Å². The van der Waals surface area contributed by atoms with Crippen LogP contribution in [0.3, 0.4) is 0 Å². The van der Waals surface area contributed by atoms with Gasteiger partial charge in [0, 0.05) is 18.1 Å². The van der Waals surface area contributed by atoms with Crippen molar-refractivity contribution in [2.24, 2.45) is 0 Å². The van der Waals surface area contributed by atoms with E-state index in [1.165, 1.54) is 0 Å². The third-order valence-electron chi connectivity index (χ3n) is 2.85. The molecule has 1 aliphatic heterocycles. The lowest BCUT2D eigenvalue weighted by Gasteiger charge is -2.17. The summed E-state index contributed by atoms with van der Waals surface area (Å²) >= 11 is 0. The van der Waals surface area contributed by atoms with E-state index in [1.807, 2.05) is 12.1 Å². The van der Waals surface area contributed by atoms with Crippen LogP contribution in [0.25, 0.3) is 0 Å². The predicted octanol–water partition coefficient (Wildman–Crippen LogP) is 1.92. The quantitative estimate of drug-likeness (QED) is 0.870. The molecule has 0 aliphatic carbocycles. The van der Waals surface area contributed by atoms with Crippen LogP contribution in [-0.2, 0) is 4.74 Å². The van der Waals surface area contributed by atoms with E-state index < -0.39 is 6.10 Å². The summed E-state index contributed by atoms with van der Waals surface area (Å²) in [7, 11) is 1.61. The van der Waals surface area contributed by atoms with Crippen molar-refractivity contribution in [3.05, 3.63) is 23.8 Å². The van der Waals surface area contributed by atoms with Crippen molar-refractivity contribution in [1.29, 1.82) is 0 Å². The molecule has 1 aliphatic rings. The number of hydrogen-bond donors (Lipinski definition) is 1. The van der Waals surface area contributed by atoms with Crippen LogP contribution in [0.1, 0.15) is 25.0 Å². The van der Waals surface area contributed by atoms with Crippen molar-refractivity contribution < 1.29 is 19.3 Å². The molecule has 0 aromatic heterocycles. The van der Waals surface area contributed by atoms with Gasteiger partial charge < -0.3 is 19.3 Å². The van der Waals surface area contributed by atoms with Gasteiger partial charge in [-0.15, -0.1) is 0 Å². The van der Waals surface area contributed by atoms with Gasteiger partial charge in [0.1, 0.15) is 17.6 Å². The molecule has 94 valence electrons.